The molecule has 1 aliphatic rings. The Bertz CT molecular complexity index is 316. The van der Waals surface area contributed by atoms with E-state index in [2.05, 4.69) is 0 Å². The number of nitrogens with zero attached hydrogens (tertiary/aromatic N) is 1. The van der Waals surface area contributed by atoms with E-state index in [0.717, 1.165) is 0 Å². The lowest BCUT2D eigenvalue weighted by Gasteiger charge is -2.52. The molecule has 0 spiro atoms. The van der Waals surface area contributed by atoms with Gasteiger partial charge in [0.1, 0.15) is 11.6 Å². The lowest BCUT2D eigenvalue weighted by molar-refractivity contribution is -0.156. The highest BCUT2D eigenvalue weighted by Gasteiger charge is 2.52. The molecule has 0 saturated carbocycles. The van der Waals surface area contributed by atoms with Gasteiger partial charge in [0, 0.05) is 12.0 Å². The minimum Gasteiger partial charge on any atom is -0.480 e. The van der Waals surface area contributed by atoms with Crippen LogP contribution in [0.3, 0.4) is 0 Å². The van der Waals surface area contributed by atoms with Crippen LogP contribution in [-0.2, 0) is 9.53 Å². The predicted octanol–water partition coefficient (Wildman–Crippen LogP) is 1.86. The van der Waals surface area contributed by atoms with E-state index in [9.17, 15) is 9.59 Å². The molecule has 0 bridgehead atoms. The second-order valence-corrected chi connectivity index (χ2v) is 5.72. The Balaban J connectivity index is 2.76. The quantitative estimate of drug-likeness (QED) is 0.745. The van der Waals surface area contributed by atoms with E-state index in [1.54, 1.807) is 20.8 Å². The number of carboxylic acid groups (broad SMARTS) is 1. The van der Waals surface area contributed by atoms with Gasteiger partial charge in [-0.05, 0) is 34.6 Å². The molecule has 0 aromatic heterocycles. The zero-order valence-electron chi connectivity index (χ0n) is 10.4. The molecule has 92 valence electrons. The molecule has 0 aromatic rings. The van der Waals surface area contributed by atoms with Gasteiger partial charge < -0.3 is 9.84 Å². The smallest absolute Gasteiger partial charge is 0.411 e. The van der Waals surface area contributed by atoms with E-state index in [1.807, 2.05) is 13.8 Å². The maximum atomic E-state index is 11.8. The lowest BCUT2D eigenvalue weighted by Crippen LogP contribution is -2.68. The van der Waals surface area contributed by atoms with Gasteiger partial charge in [-0.15, -0.1) is 0 Å². The Morgan fingerprint density at radius 1 is 1.38 bits per heavy atom. The number of carboxylic acids is 1. The highest BCUT2D eigenvalue weighted by atomic mass is 16.6. The number of likely N-dealkylation sites (tertiary alicyclic amines) is 1. The van der Waals surface area contributed by atoms with Crippen molar-refractivity contribution < 1.29 is 19.4 Å². The molecule has 16 heavy (non-hydrogen) atoms. The topological polar surface area (TPSA) is 66.8 Å². The Hall–Kier alpha value is -1.26. The molecule has 0 radical (unpaired) electrons. The molecule has 1 N–H and O–H groups in total. The summed E-state index contributed by atoms with van der Waals surface area (Å²) in [6.45, 7) is 8.93. The van der Waals surface area contributed by atoms with Gasteiger partial charge in [0.2, 0.25) is 0 Å². The number of aliphatic carboxylic acids is 1. The van der Waals surface area contributed by atoms with Crippen LogP contribution in [-0.4, -0.2) is 39.3 Å². The van der Waals surface area contributed by atoms with Crippen molar-refractivity contribution >= 4 is 12.1 Å². The predicted molar refractivity (Wildman–Crippen MR) is 58.2 cm³/mol. The van der Waals surface area contributed by atoms with E-state index < -0.39 is 29.2 Å². The fourth-order valence-electron chi connectivity index (χ4n) is 1.86. The number of hydrogen-bond donors (Lipinski definition) is 1. The van der Waals surface area contributed by atoms with Crippen molar-refractivity contribution in [2.45, 2.75) is 58.2 Å². The van der Waals surface area contributed by atoms with Crippen LogP contribution >= 0.6 is 0 Å². The fraction of sp³-hybridized carbons (Fsp3) is 0.818. The summed E-state index contributed by atoms with van der Waals surface area (Å²) in [5.41, 5.74) is -1.04. The van der Waals surface area contributed by atoms with Gasteiger partial charge in [0.05, 0.1) is 0 Å². The van der Waals surface area contributed by atoms with Crippen molar-refractivity contribution in [3.05, 3.63) is 0 Å². The molecule has 5 nitrogen and oxygen atoms in total. The van der Waals surface area contributed by atoms with Crippen molar-refractivity contribution in [2.24, 2.45) is 0 Å². The largest absolute Gasteiger partial charge is 0.480 e. The zero-order valence-corrected chi connectivity index (χ0v) is 10.4. The molecule has 0 aliphatic carbocycles. The molecule has 0 aromatic carbocycles. The average molecular weight is 229 g/mol. The number of ether oxygens (including phenoxy) is 1. The van der Waals surface area contributed by atoms with E-state index in [-0.39, 0.29) is 0 Å². The Morgan fingerprint density at radius 3 is 2.19 bits per heavy atom. The number of hydrogen-bond acceptors (Lipinski definition) is 3. The molecule has 1 amide bonds. The summed E-state index contributed by atoms with van der Waals surface area (Å²) in [4.78, 5) is 24.0. The Kier molecular flexibility index (Phi) is 2.92. The van der Waals surface area contributed by atoms with Crippen LogP contribution in [0.25, 0.3) is 0 Å². The Morgan fingerprint density at radius 2 is 1.88 bits per heavy atom. The third-order valence-electron chi connectivity index (χ3n) is 2.53. The number of rotatable bonds is 1. The molecule has 1 rings (SSSR count). The van der Waals surface area contributed by atoms with Gasteiger partial charge in [-0.3, -0.25) is 4.90 Å². The van der Waals surface area contributed by atoms with Crippen molar-refractivity contribution in [1.82, 2.24) is 4.90 Å². The third kappa shape index (κ3) is 2.46. The van der Waals surface area contributed by atoms with E-state index >= 15 is 0 Å². The summed E-state index contributed by atoms with van der Waals surface area (Å²) in [7, 11) is 0. The SMILES string of the molecule is CC(C)(C)OC(=O)N1[C@H](C(=O)O)CC1(C)C. The first-order valence-electron chi connectivity index (χ1n) is 5.30. The molecule has 5 heteroatoms. The van der Waals surface area contributed by atoms with E-state index in [0.29, 0.717) is 6.42 Å². The molecule has 1 aliphatic heterocycles. The summed E-state index contributed by atoms with van der Waals surface area (Å²) in [5, 5.41) is 8.93. The summed E-state index contributed by atoms with van der Waals surface area (Å²) in [6.07, 6.45) is -0.0992. The molecule has 1 saturated heterocycles. The summed E-state index contributed by atoms with van der Waals surface area (Å²) < 4.78 is 5.18. The lowest BCUT2D eigenvalue weighted by atomic mass is 9.82. The van der Waals surface area contributed by atoms with Gasteiger partial charge in [-0.25, -0.2) is 9.59 Å². The van der Waals surface area contributed by atoms with Crippen molar-refractivity contribution in [3.8, 4) is 0 Å². The minimum absolute atomic E-state index is 0.439. The normalized spacial score (nSPS) is 23.6. The second kappa shape index (κ2) is 3.64. The van der Waals surface area contributed by atoms with Crippen molar-refractivity contribution in [1.29, 1.82) is 0 Å². The number of carbonyl (C=O) groups is 2. The maximum Gasteiger partial charge on any atom is 0.411 e. The van der Waals surface area contributed by atoms with Gasteiger partial charge in [0.25, 0.3) is 0 Å². The first kappa shape index (κ1) is 12.8. The summed E-state index contributed by atoms with van der Waals surface area (Å²) in [6, 6.07) is -0.759. The van der Waals surface area contributed by atoms with Crippen LogP contribution in [0.2, 0.25) is 0 Å². The maximum absolute atomic E-state index is 11.8. The van der Waals surface area contributed by atoms with Gasteiger partial charge in [-0.1, -0.05) is 0 Å². The highest BCUT2D eigenvalue weighted by molar-refractivity contribution is 5.83. The standard InChI is InChI=1S/C11H19NO4/c1-10(2,3)16-9(15)12-7(8(13)14)6-11(12,4)5/h7H,6H2,1-5H3,(H,13,14)/t7-/m0/s1. The zero-order chi connectivity index (χ0) is 12.7. The van der Waals surface area contributed by atoms with Crippen LogP contribution in [0, 0.1) is 0 Å². The Labute approximate surface area is 95.4 Å². The molecular weight excluding hydrogens is 210 g/mol. The monoisotopic (exact) mass is 229 g/mol. The molecule has 1 atom stereocenters. The second-order valence-electron chi connectivity index (χ2n) is 5.72. The molecular formula is C11H19NO4. The number of carbonyl (C=O) groups excluding carboxylic acids is 1. The average Bonchev–Trinajstić information content (AvgIpc) is 1.95. The molecule has 1 heterocycles. The highest BCUT2D eigenvalue weighted by Crippen LogP contribution is 2.37. The van der Waals surface area contributed by atoms with Crippen LogP contribution in [0.5, 0.6) is 0 Å². The summed E-state index contributed by atoms with van der Waals surface area (Å²) in [5.74, 6) is -0.981. The number of amides is 1. The summed E-state index contributed by atoms with van der Waals surface area (Å²) >= 11 is 0. The minimum atomic E-state index is -0.981. The van der Waals surface area contributed by atoms with E-state index in [4.69, 9.17) is 9.84 Å². The third-order valence-corrected chi connectivity index (χ3v) is 2.53. The van der Waals surface area contributed by atoms with Crippen LogP contribution in [0.15, 0.2) is 0 Å². The molecule has 1 fully saturated rings. The van der Waals surface area contributed by atoms with Gasteiger partial charge >= 0.3 is 12.1 Å². The van der Waals surface area contributed by atoms with Gasteiger partial charge in [0.15, 0.2) is 0 Å². The first-order valence-corrected chi connectivity index (χ1v) is 5.30. The van der Waals surface area contributed by atoms with Gasteiger partial charge in [-0.2, -0.15) is 0 Å². The van der Waals surface area contributed by atoms with Crippen molar-refractivity contribution in [3.63, 3.8) is 0 Å². The van der Waals surface area contributed by atoms with Crippen LogP contribution in [0.1, 0.15) is 41.0 Å². The van der Waals surface area contributed by atoms with Crippen molar-refractivity contribution in [2.75, 3.05) is 0 Å². The van der Waals surface area contributed by atoms with E-state index in [1.165, 1.54) is 4.90 Å². The first-order chi connectivity index (χ1) is 7.04. The van der Waals surface area contributed by atoms with Crippen LogP contribution in [0.4, 0.5) is 4.79 Å². The fourth-order valence-corrected chi connectivity index (χ4v) is 1.86. The van der Waals surface area contributed by atoms with Crippen LogP contribution < -0.4 is 0 Å². The molecule has 0 unspecified atom stereocenters.